The summed E-state index contributed by atoms with van der Waals surface area (Å²) < 4.78 is 0. The first-order valence-corrected chi connectivity index (χ1v) is 9.75. The third kappa shape index (κ3) is 4.63. The van der Waals surface area contributed by atoms with Crippen molar-refractivity contribution in [1.82, 2.24) is 15.1 Å². The van der Waals surface area contributed by atoms with Gasteiger partial charge in [0.05, 0.1) is 17.8 Å². The predicted molar refractivity (Wildman–Crippen MR) is 107 cm³/mol. The molecule has 0 bridgehead atoms. The number of carbonyl (C=O) groups is 3. The van der Waals surface area contributed by atoms with E-state index >= 15 is 0 Å². The molecular weight excluding hydrogens is 356 g/mol. The molecule has 7 heteroatoms. The Morgan fingerprint density at radius 2 is 1.68 bits per heavy atom. The topological polar surface area (TPSA) is 81.8 Å². The number of piperidine rings is 1. The smallest absolute Gasteiger partial charge is 0.319 e. The maximum atomic E-state index is 12.7. The van der Waals surface area contributed by atoms with Gasteiger partial charge >= 0.3 is 6.03 Å². The van der Waals surface area contributed by atoms with Crippen molar-refractivity contribution in [2.75, 3.05) is 38.0 Å². The lowest BCUT2D eigenvalue weighted by Gasteiger charge is -2.34. The third-order valence-corrected chi connectivity index (χ3v) is 5.29. The molecule has 0 radical (unpaired) electrons. The van der Waals surface area contributed by atoms with E-state index in [1.165, 1.54) is 0 Å². The highest BCUT2D eigenvalue weighted by Gasteiger charge is 2.30. The van der Waals surface area contributed by atoms with Crippen molar-refractivity contribution in [2.45, 2.75) is 25.7 Å². The highest BCUT2D eigenvalue weighted by molar-refractivity contribution is 6.04. The lowest BCUT2D eigenvalue weighted by Crippen LogP contribution is -2.47. The molecule has 0 atom stereocenters. The van der Waals surface area contributed by atoms with E-state index in [2.05, 4.69) is 16.6 Å². The second-order valence-corrected chi connectivity index (χ2v) is 7.16. The molecule has 1 aromatic carbocycles. The molecule has 0 aliphatic carbocycles. The van der Waals surface area contributed by atoms with Gasteiger partial charge in [0.15, 0.2) is 0 Å². The third-order valence-electron chi connectivity index (χ3n) is 5.29. The Bertz CT molecular complexity index is 772. The molecule has 2 aliphatic heterocycles. The molecule has 7 nitrogen and oxygen atoms in total. The van der Waals surface area contributed by atoms with Crippen LogP contribution in [0.5, 0.6) is 0 Å². The van der Waals surface area contributed by atoms with Gasteiger partial charge in [-0.15, -0.1) is 6.42 Å². The van der Waals surface area contributed by atoms with Crippen LogP contribution in [0.2, 0.25) is 0 Å². The fourth-order valence-electron chi connectivity index (χ4n) is 3.69. The van der Waals surface area contributed by atoms with E-state index in [1.807, 2.05) is 9.80 Å². The number of nitrogens with zero attached hydrogens (tertiary/aromatic N) is 2. The lowest BCUT2D eigenvalue weighted by atomic mass is 9.95. The number of amides is 4. The van der Waals surface area contributed by atoms with Crippen molar-refractivity contribution in [1.29, 1.82) is 0 Å². The largest absolute Gasteiger partial charge is 0.341 e. The summed E-state index contributed by atoms with van der Waals surface area (Å²) in [5, 5.41) is 5.48. The number of anilines is 1. The number of nitrogens with one attached hydrogen (secondary N) is 2. The molecule has 28 heavy (non-hydrogen) atoms. The fraction of sp³-hybridized carbons (Fsp3) is 0.476. The maximum Gasteiger partial charge on any atom is 0.319 e. The first-order valence-electron chi connectivity index (χ1n) is 9.75. The van der Waals surface area contributed by atoms with E-state index in [0.29, 0.717) is 37.2 Å². The number of rotatable bonds is 4. The van der Waals surface area contributed by atoms with Gasteiger partial charge in [-0.2, -0.15) is 0 Å². The number of para-hydroxylation sites is 1. The van der Waals surface area contributed by atoms with Gasteiger partial charge in [0.1, 0.15) is 0 Å². The van der Waals surface area contributed by atoms with E-state index in [4.69, 9.17) is 6.42 Å². The monoisotopic (exact) mass is 382 g/mol. The highest BCUT2D eigenvalue weighted by Crippen LogP contribution is 2.23. The zero-order chi connectivity index (χ0) is 19.9. The minimum absolute atomic E-state index is 0.0897. The molecule has 4 amide bonds. The number of carbonyl (C=O) groups excluding carboxylic acids is 3. The van der Waals surface area contributed by atoms with Crippen LogP contribution in [0.4, 0.5) is 10.5 Å². The molecule has 2 aliphatic rings. The number of urea groups is 1. The summed E-state index contributed by atoms with van der Waals surface area (Å²) in [6.07, 6.45) is 8.56. The van der Waals surface area contributed by atoms with Gasteiger partial charge in [-0.1, -0.05) is 18.1 Å². The number of likely N-dealkylation sites (tertiary alicyclic amines) is 2. The Balaban J connectivity index is 1.56. The van der Waals surface area contributed by atoms with Gasteiger partial charge in [0.2, 0.25) is 5.91 Å². The minimum atomic E-state index is -0.320. The normalized spacial score (nSPS) is 17.1. The molecule has 2 heterocycles. The fourth-order valence-corrected chi connectivity index (χ4v) is 3.69. The summed E-state index contributed by atoms with van der Waals surface area (Å²) in [5.74, 6) is 1.74. The van der Waals surface area contributed by atoms with Crippen molar-refractivity contribution < 1.29 is 14.4 Å². The highest BCUT2D eigenvalue weighted by atomic mass is 16.2. The molecule has 2 N–H and O–H groups in total. The first kappa shape index (κ1) is 19.7. The number of hydrogen-bond acceptors (Lipinski definition) is 3. The Hall–Kier alpha value is -3.01. The molecule has 148 valence electrons. The molecule has 0 unspecified atom stereocenters. The molecule has 1 aromatic rings. The van der Waals surface area contributed by atoms with Gasteiger partial charge in [-0.3, -0.25) is 9.59 Å². The summed E-state index contributed by atoms with van der Waals surface area (Å²) in [6.45, 7) is 2.95. The second kappa shape index (κ2) is 9.27. The van der Waals surface area contributed by atoms with Gasteiger partial charge in [0, 0.05) is 32.1 Å². The zero-order valence-corrected chi connectivity index (χ0v) is 15.9. The van der Waals surface area contributed by atoms with E-state index in [1.54, 1.807) is 24.3 Å². The van der Waals surface area contributed by atoms with Crippen LogP contribution in [0.15, 0.2) is 24.3 Å². The Morgan fingerprint density at radius 1 is 1.04 bits per heavy atom. The molecule has 2 fully saturated rings. The SMILES string of the molecule is C#CCNC(=O)c1ccccc1NC(=O)C1CCN(C(=O)N2CCCC2)CC1. The zero-order valence-electron chi connectivity index (χ0n) is 15.9. The quantitative estimate of drug-likeness (QED) is 0.781. The van der Waals surface area contributed by atoms with E-state index < -0.39 is 0 Å². The Labute approximate surface area is 165 Å². The molecule has 2 saturated heterocycles. The predicted octanol–water partition coefficient (Wildman–Crippen LogP) is 1.92. The Kier molecular flexibility index (Phi) is 6.53. The average molecular weight is 382 g/mol. The summed E-state index contributed by atoms with van der Waals surface area (Å²) >= 11 is 0. The van der Waals surface area contributed by atoms with Gasteiger partial charge in [-0.05, 0) is 37.8 Å². The van der Waals surface area contributed by atoms with Crippen LogP contribution in [-0.4, -0.2) is 60.4 Å². The van der Waals surface area contributed by atoms with Gasteiger partial charge in [-0.25, -0.2) is 4.79 Å². The van der Waals surface area contributed by atoms with Crippen LogP contribution in [0.25, 0.3) is 0 Å². The van der Waals surface area contributed by atoms with Gasteiger partial charge < -0.3 is 20.4 Å². The van der Waals surface area contributed by atoms with Gasteiger partial charge in [0.25, 0.3) is 5.91 Å². The lowest BCUT2D eigenvalue weighted by molar-refractivity contribution is -0.121. The van der Waals surface area contributed by atoms with Crippen molar-refractivity contribution in [3.63, 3.8) is 0 Å². The minimum Gasteiger partial charge on any atom is -0.341 e. The van der Waals surface area contributed by atoms with E-state index in [0.717, 1.165) is 25.9 Å². The number of benzene rings is 1. The molecule has 3 rings (SSSR count). The summed E-state index contributed by atoms with van der Waals surface area (Å²) in [6, 6.07) is 6.95. The second-order valence-electron chi connectivity index (χ2n) is 7.16. The van der Waals surface area contributed by atoms with Crippen molar-refractivity contribution in [3.8, 4) is 12.3 Å². The number of hydrogen-bond donors (Lipinski definition) is 2. The average Bonchev–Trinajstić information content (AvgIpc) is 3.27. The van der Waals surface area contributed by atoms with Crippen molar-refractivity contribution in [3.05, 3.63) is 29.8 Å². The molecular formula is C21H26N4O3. The Morgan fingerprint density at radius 3 is 2.36 bits per heavy atom. The standard InChI is InChI=1S/C21H26N4O3/c1-2-11-22-20(27)17-7-3-4-8-18(17)23-19(26)16-9-14-25(15-10-16)21(28)24-12-5-6-13-24/h1,3-4,7-8,16H,5-6,9-15H2,(H,22,27)(H,23,26). The molecule has 0 aromatic heterocycles. The number of terminal acetylenes is 1. The van der Waals surface area contributed by atoms with Crippen LogP contribution >= 0.6 is 0 Å². The maximum absolute atomic E-state index is 12.7. The van der Waals surface area contributed by atoms with Crippen molar-refractivity contribution in [2.24, 2.45) is 5.92 Å². The van der Waals surface area contributed by atoms with Crippen LogP contribution in [-0.2, 0) is 4.79 Å². The molecule has 0 saturated carbocycles. The van der Waals surface area contributed by atoms with E-state index in [9.17, 15) is 14.4 Å². The molecule has 0 spiro atoms. The summed E-state index contributed by atoms with van der Waals surface area (Å²) in [7, 11) is 0. The summed E-state index contributed by atoms with van der Waals surface area (Å²) in [5.41, 5.74) is 0.852. The van der Waals surface area contributed by atoms with Crippen LogP contribution < -0.4 is 10.6 Å². The van der Waals surface area contributed by atoms with Crippen LogP contribution in [0, 0.1) is 18.3 Å². The summed E-state index contributed by atoms with van der Waals surface area (Å²) in [4.78, 5) is 41.1. The van der Waals surface area contributed by atoms with Crippen LogP contribution in [0.3, 0.4) is 0 Å². The van der Waals surface area contributed by atoms with Crippen molar-refractivity contribution >= 4 is 23.5 Å². The van der Waals surface area contributed by atoms with E-state index in [-0.39, 0.29) is 30.3 Å². The first-order chi connectivity index (χ1) is 13.6. The van der Waals surface area contributed by atoms with Crippen LogP contribution in [0.1, 0.15) is 36.0 Å².